The summed E-state index contributed by atoms with van der Waals surface area (Å²) >= 11 is 0. The fourth-order valence-corrected chi connectivity index (χ4v) is 4.34. The van der Waals surface area contributed by atoms with E-state index in [2.05, 4.69) is 5.32 Å². The molecular formula is C17H28N2O2. The molecule has 3 aliphatic rings. The summed E-state index contributed by atoms with van der Waals surface area (Å²) in [5, 5.41) is 2.96. The quantitative estimate of drug-likeness (QED) is 0.865. The lowest BCUT2D eigenvalue weighted by Gasteiger charge is -2.38. The number of hydrogen-bond donors (Lipinski definition) is 1. The monoisotopic (exact) mass is 292 g/mol. The van der Waals surface area contributed by atoms with Crippen molar-refractivity contribution < 1.29 is 9.59 Å². The number of hydrogen-bond acceptors (Lipinski definition) is 2. The van der Waals surface area contributed by atoms with Crippen LogP contribution >= 0.6 is 0 Å². The van der Waals surface area contributed by atoms with E-state index in [1.165, 1.54) is 44.9 Å². The van der Waals surface area contributed by atoms with Crippen molar-refractivity contribution in [2.75, 3.05) is 13.1 Å². The Morgan fingerprint density at radius 3 is 2.33 bits per heavy atom. The number of piperazine rings is 1. The molecule has 0 spiro atoms. The maximum Gasteiger partial charge on any atom is 0.245 e. The molecule has 2 amide bonds. The molecule has 0 aromatic rings. The zero-order valence-electron chi connectivity index (χ0n) is 13.0. The van der Waals surface area contributed by atoms with Crippen LogP contribution in [0.25, 0.3) is 0 Å². The van der Waals surface area contributed by atoms with E-state index in [4.69, 9.17) is 0 Å². The van der Waals surface area contributed by atoms with Crippen molar-refractivity contribution in [3.8, 4) is 0 Å². The molecule has 4 heteroatoms. The van der Waals surface area contributed by atoms with E-state index in [9.17, 15) is 9.59 Å². The van der Waals surface area contributed by atoms with Gasteiger partial charge < -0.3 is 10.2 Å². The van der Waals surface area contributed by atoms with Gasteiger partial charge in [0.2, 0.25) is 11.8 Å². The molecule has 1 N–H and O–H groups in total. The van der Waals surface area contributed by atoms with Gasteiger partial charge in [0.1, 0.15) is 6.04 Å². The minimum atomic E-state index is -0.241. The van der Waals surface area contributed by atoms with E-state index in [1.807, 2.05) is 4.90 Å². The average Bonchev–Trinajstić information content (AvgIpc) is 3.02. The number of carbonyl (C=O) groups is 2. The van der Waals surface area contributed by atoms with Crippen molar-refractivity contribution in [1.29, 1.82) is 0 Å². The average molecular weight is 292 g/mol. The third kappa shape index (κ3) is 3.58. The number of carbonyl (C=O) groups excluding carboxylic acids is 2. The standard InChI is InChI=1S/C17H28N2O2/c20-15-12-19(11-10-13-6-4-5-7-13)17(21)16(18-15)14-8-2-1-3-9-14/h13-14,16H,1-12H2,(H,18,20). The molecule has 0 radical (unpaired) electrons. The summed E-state index contributed by atoms with van der Waals surface area (Å²) in [7, 11) is 0. The van der Waals surface area contributed by atoms with Crippen LogP contribution in [0.4, 0.5) is 0 Å². The Hall–Kier alpha value is -1.06. The summed E-state index contributed by atoms with van der Waals surface area (Å²) < 4.78 is 0. The molecule has 0 aromatic carbocycles. The molecule has 0 aromatic heterocycles. The number of nitrogens with one attached hydrogen (secondary N) is 1. The van der Waals surface area contributed by atoms with Crippen LogP contribution in [0.2, 0.25) is 0 Å². The number of nitrogens with zero attached hydrogens (tertiary/aromatic N) is 1. The Morgan fingerprint density at radius 2 is 1.62 bits per heavy atom. The van der Waals surface area contributed by atoms with Crippen LogP contribution in [0, 0.1) is 11.8 Å². The van der Waals surface area contributed by atoms with Gasteiger partial charge in [-0.3, -0.25) is 9.59 Å². The Morgan fingerprint density at radius 1 is 0.952 bits per heavy atom. The summed E-state index contributed by atoms with van der Waals surface area (Å²) in [6, 6.07) is -0.241. The Kier molecular flexibility index (Phi) is 4.81. The fraction of sp³-hybridized carbons (Fsp3) is 0.882. The molecule has 2 saturated carbocycles. The minimum absolute atomic E-state index is 0.0385. The van der Waals surface area contributed by atoms with E-state index in [-0.39, 0.29) is 24.4 Å². The van der Waals surface area contributed by atoms with Crippen LogP contribution in [0.5, 0.6) is 0 Å². The van der Waals surface area contributed by atoms with Crippen LogP contribution in [-0.4, -0.2) is 35.8 Å². The van der Waals surface area contributed by atoms with E-state index in [0.717, 1.165) is 31.7 Å². The second-order valence-corrected chi connectivity index (χ2v) is 7.14. The maximum absolute atomic E-state index is 12.7. The molecule has 0 bridgehead atoms. The highest BCUT2D eigenvalue weighted by atomic mass is 16.2. The normalized spacial score (nSPS) is 29.0. The van der Waals surface area contributed by atoms with E-state index in [1.54, 1.807) is 0 Å². The SMILES string of the molecule is O=C1CN(CCC2CCCC2)C(=O)C(C2CCCCC2)N1. The molecule has 21 heavy (non-hydrogen) atoms. The Balaban J connectivity index is 1.57. The van der Waals surface area contributed by atoms with E-state index < -0.39 is 0 Å². The third-order valence-corrected chi connectivity index (χ3v) is 5.63. The molecule has 4 nitrogen and oxygen atoms in total. The smallest absolute Gasteiger partial charge is 0.245 e. The second kappa shape index (κ2) is 6.80. The fourth-order valence-electron chi connectivity index (χ4n) is 4.34. The van der Waals surface area contributed by atoms with Gasteiger partial charge in [0, 0.05) is 6.54 Å². The van der Waals surface area contributed by atoms with Gasteiger partial charge in [-0.15, -0.1) is 0 Å². The Labute approximate surface area is 127 Å². The molecule has 118 valence electrons. The van der Waals surface area contributed by atoms with Gasteiger partial charge in [0.05, 0.1) is 6.54 Å². The molecule has 3 fully saturated rings. The molecule has 1 aliphatic heterocycles. The first-order chi connectivity index (χ1) is 10.2. The molecule has 2 aliphatic carbocycles. The first kappa shape index (κ1) is 14.9. The second-order valence-electron chi connectivity index (χ2n) is 7.14. The van der Waals surface area contributed by atoms with Crippen molar-refractivity contribution in [2.24, 2.45) is 11.8 Å². The number of rotatable bonds is 4. The van der Waals surface area contributed by atoms with Crippen LogP contribution in [-0.2, 0) is 9.59 Å². The highest BCUT2D eigenvalue weighted by Gasteiger charge is 2.38. The third-order valence-electron chi connectivity index (χ3n) is 5.63. The lowest BCUT2D eigenvalue weighted by atomic mass is 9.82. The van der Waals surface area contributed by atoms with Gasteiger partial charge >= 0.3 is 0 Å². The molecule has 1 unspecified atom stereocenters. The van der Waals surface area contributed by atoms with Gasteiger partial charge in [-0.2, -0.15) is 0 Å². The topological polar surface area (TPSA) is 49.4 Å². The molecular weight excluding hydrogens is 264 g/mol. The predicted molar refractivity (Wildman–Crippen MR) is 81.7 cm³/mol. The zero-order valence-corrected chi connectivity index (χ0v) is 13.0. The van der Waals surface area contributed by atoms with Crippen molar-refractivity contribution in [3.05, 3.63) is 0 Å². The minimum Gasteiger partial charge on any atom is -0.342 e. The van der Waals surface area contributed by atoms with Gasteiger partial charge in [-0.05, 0) is 31.1 Å². The Bertz CT molecular complexity index is 384. The van der Waals surface area contributed by atoms with Crippen molar-refractivity contribution >= 4 is 11.8 Å². The summed E-state index contributed by atoms with van der Waals surface area (Å²) in [4.78, 5) is 26.5. The number of amides is 2. The lowest BCUT2D eigenvalue weighted by Crippen LogP contribution is -2.60. The zero-order chi connectivity index (χ0) is 14.7. The summed E-state index contributed by atoms with van der Waals surface area (Å²) in [6.07, 6.45) is 12.2. The van der Waals surface area contributed by atoms with Crippen LogP contribution in [0.15, 0.2) is 0 Å². The first-order valence-corrected chi connectivity index (χ1v) is 8.82. The molecule has 1 saturated heterocycles. The molecule has 1 heterocycles. The van der Waals surface area contributed by atoms with Crippen LogP contribution < -0.4 is 5.32 Å². The summed E-state index contributed by atoms with van der Waals surface area (Å²) in [5.74, 6) is 1.36. The van der Waals surface area contributed by atoms with E-state index in [0.29, 0.717) is 5.92 Å². The van der Waals surface area contributed by atoms with Gasteiger partial charge in [-0.1, -0.05) is 44.9 Å². The van der Waals surface area contributed by atoms with E-state index >= 15 is 0 Å². The van der Waals surface area contributed by atoms with Crippen molar-refractivity contribution in [3.63, 3.8) is 0 Å². The molecule has 1 atom stereocenters. The van der Waals surface area contributed by atoms with Crippen molar-refractivity contribution in [1.82, 2.24) is 10.2 Å². The highest BCUT2D eigenvalue weighted by molar-refractivity contribution is 5.95. The summed E-state index contributed by atoms with van der Waals surface area (Å²) in [6.45, 7) is 1.05. The maximum atomic E-state index is 12.7. The summed E-state index contributed by atoms with van der Waals surface area (Å²) in [5.41, 5.74) is 0. The highest BCUT2D eigenvalue weighted by Crippen LogP contribution is 2.30. The lowest BCUT2D eigenvalue weighted by molar-refractivity contribution is -0.146. The van der Waals surface area contributed by atoms with Gasteiger partial charge in [-0.25, -0.2) is 0 Å². The van der Waals surface area contributed by atoms with Crippen LogP contribution in [0.1, 0.15) is 64.2 Å². The largest absolute Gasteiger partial charge is 0.342 e. The predicted octanol–water partition coefficient (Wildman–Crippen LogP) is 2.47. The van der Waals surface area contributed by atoms with Gasteiger partial charge in [0.15, 0.2) is 0 Å². The van der Waals surface area contributed by atoms with Crippen LogP contribution in [0.3, 0.4) is 0 Å². The van der Waals surface area contributed by atoms with Crippen molar-refractivity contribution in [2.45, 2.75) is 70.3 Å². The van der Waals surface area contributed by atoms with Gasteiger partial charge in [0.25, 0.3) is 0 Å². The first-order valence-electron chi connectivity index (χ1n) is 8.82. The molecule has 3 rings (SSSR count).